The van der Waals surface area contributed by atoms with Crippen LogP contribution in [-0.2, 0) is 19.1 Å². The van der Waals surface area contributed by atoms with Gasteiger partial charge in [0, 0.05) is 23.2 Å². The van der Waals surface area contributed by atoms with Gasteiger partial charge in [0.2, 0.25) is 0 Å². The number of hydrogen-bond donors (Lipinski definition) is 3. The standard InChI is InChI=1S/C20H26O7/c1-8-4-12(21)16(24)18(3)10(8)5-13-19-7-26-20(25,17(18)19)15(23)9(2)11(19)6-14(22)27-13/h4,9-11,13,15-17,23-25H,5-7H2,1-3H3/t9?,10?,11-,13+,15?,16+,17?,18+,19+,20-/m0/s1. The Morgan fingerprint density at radius 2 is 1.96 bits per heavy atom. The third kappa shape index (κ3) is 1.74. The van der Waals surface area contributed by atoms with E-state index >= 15 is 0 Å². The first-order valence-corrected chi connectivity index (χ1v) is 9.72. The highest BCUT2D eigenvalue weighted by molar-refractivity contribution is 5.96. The molecule has 4 unspecified atom stereocenters. The van der Waals surface area contributed by atoms with E-state index in [9.17, 15) is 24.9 Å². The normalized spacial score (nSPS) is 58.9. The second-order valence-electron chi connectivity index (χ2n) is 9.53. The molecular formula is C20H26O7. The molecule has 0 aromatic heterocycles. The van der Waals surface area contributed by atoms with Crippen LogP contribution in [0.4, 0.5) is 0 Å². The van der Waals surface area contributed by atoms with Gasteiger partial charge < -0.3 is 24.8 Å². The van der Waals surface area contributed by atoms with Crippen LogP contribution in [0.15, 0.2) is 11.6 Å². The van der Waals surface area contributed by atoms with E-state index in [1.807, 2.05) is 20.8 Å². The number of rotatable bonds is 0. The molecule has 148 valence electrons. The molecule has 3 N–H and O–H groups in total. The molecule has 4 fully saturated rings. The van der Waals surface area contributed by atoms with Crippen LogP contribution in [0.1, 0.15) is 33.6 Å². The van der Waals surface area contributed by atoms with E-state index in [0.29, 0.717) is 6.42 Å². The van der Waals surface area contributed by atoms with Crippen LogP contribution < -0.4 is 0 Å². The van der Waals surface area contributed by atoms with Crippen LogP contribution in [0.5, 0.6) is 0 Å². The summed E-state index contributed by atoms with van der Waals surface area (Å²) in [4.78, 5) is 24.9. The van der Waals surface area contributed by atoms with Gasteiger partial charge in [-0.1, -0.05) is 19.4 Å². The van der Waals surface area contributed by atoms with Crippen molar-refractivity contribution in [3.8, 4) is 0 Å². The summed E-state index contributed by atoms with van der Waals surface area (Å²) in [6.07, 6.45) is -0.917. The molecule has 1 spiro atoms. The van der Waals surface area contributed by atoms with E-state index in [1.165, 1.54) is 6.08 Å². The third-order valence-corrected chi connectivity index (χ3v) is 8.61. The van der Waals surface area contributed by atoms with E-state index < -0.39 is 40.8 Å². The van der Waals surface area contributed by atoms with Crippen LogP contribution in [0.3, 0.4) is 0 Å². The van der Waals surface area contributed by atoms with Gasteiger partial charge in [-0.3, -0.25) is 9.59 Å². The zero-order valence-corrected chi connectivity index (χ0v) is 15.7. The van der Waals surface area contributed by atoms with E-state index in [0.717, 1.165) is 5.57 Å². The Morgan fingerprint density at radius 1 is 1.26 bits per heavy atom. The molecule has 0 radical (unpaired) electrons. The van der Waals surface area contributed by atoms with Gasteiger partial charge in [-0.2, -0.15) is 0 Å². The van der Waals surface area contributed by atoms with E-state index in [1.54, 1.807) is 0 Å². The van der Waals surface area contributed by atoms with Gasteiger partial charge >= 0.3 is 5.97 Å². The molecule has 0 aromatic rings. The van der Waals surface area contributed by atoms with Crippen molar-refractivity contribution >= 4 is 11.8 Å². The van der Waals surface area contributed by atoms with Crippen molar-refractivity contribution in [2.24, 2.45) is 34.5 Å². The van der Waals surface area contributed by atoms with Crippen molar-refractivity contribution in [3.05, 3.63) is 11.6 Å². The van der Waals surface area contributed by atoms with Gasteiger partial charge in [-0.25, -0.2) is 0 Å². The van der Waals surface area contributed by atoms with E-state index in [-0.39, 0.29) is 42.5 Å². The van der Waals surface area contributed by atoms with Crippen LogP contribution >= 0.6 is 0 Å². The summed E-state index contributed by atoms with van der Waals surface area (Å²) in [6, 6.07) is 0. The minimum Gasteiger partial charge on any atom is -0.462 e. The van der Waals surface area contributed by atoms with Crippen LogP contribution in [0.2, 0.25) is 0 Å². The highest BCUT2D eigenvalue weighted by atomic mass is 16.6. The van der Waals surface area contributed by atoms with E-state index in [4.69, 9.17) is 9.47 Å². The van der Waals surface area contributed by atoms with Gasteiger partial charge in [0.25, 0.3) is 0 Å². The Labute approximate surface area is 157 Å². The van der Waals surface area contributed by atoms with Crippen molar-refractivity contribution in [2.45, 2.75) is 57.7 Å². The fraction of sp³-hybridized carbons (Fsp3) is 0.800. The van der Waals surface area contributed by atoms with E-state index in [2.05, 4.69) is 0 Å². The zero-order valence-electron chi connectivity index (χ0n) is 15.7. The first-order chi connectivity index (χ1) is 12.6. The lowest BCUT2D eigenvalue weighted by atomic mass is 9.38. The monoisotopic (exact) mass is 378 g/mol. The number of hydrogen-bond acceptors (Lipinski definition) is 7. The molecule has 5 aliphatic rings. The molecule has 2 heterocycles. The second kappa shape index (κ2) is 5.00. The number of ether oxygens (including phenoxy) is 2. The largest absolute Gasteiger partial charge is 0.462 e. The predicted molar refractivity (Wildman–Crippen MR) is 91.0 cm³/mol. The number of ketones is 1. The lowest BCUT2D eigenvalue weighted by Crippen LogP contribution is -2.75. The molecule has 2 saturated carbocycles. The summed E-state index contributed by atoms with van der Waals surface area (Å²) in [5, 5.41) is 33.5. The number of aliphatic hydroxyl groups excluding tert-OH is 2. The van der Waals surface area contributed by atoms with Crippen molar-refractivity contribution in [3.63, 3.8) is 0 Å². The van der Waals surface area contributed by atoms with Gasteiger partial charge in [0.05, 0.1) is 6.61 Å². The minimum atomic E-state index is -1.88. The van der Waals surface area contributed by atoms with Gasteiger partial charge in [0.1, 0.15) is 18.3 Å². The van der Waals surface area contributed by atoms with Crippen molar-refractivity contribution in [1.82, 2.24) is 0 Å². The second-order valence-corrected chi connectivity index (χ2v) is 9.53. The number of fused-ring (bicyclic) bond motifs is 1. The average molecular weight is 378 g/mol. The number of allylic oxidation sites excluding steroid dienone is 1. The summed E-state index contributed by atoms with van der Waals surface area (Å²) in [7, 11) is 0. The molecule has 7 nitrogen and oxygen atoms in total. The fourth-order valence-electron chi connectivity index (χ4n) is 7.54. The quantitative estimate of drug-likeness (QED) is 0.515. The molecule has 2 bridgehead atoms. The zero-order chi connectivity index (χ0) is 19.5. The molecule has 27 heavy (non-hydrogen) atoms. The number of carbonyl (C=O) groups excluding carboxylic acids is 2. The maximum absolute atomic E-state index is 12.5. The van der Waals surface area contributed by atoms with Gasteiger partial charge in [-0.15, -0.1) is 0 Å². The van der Waals surface area contributed by atoms with Crippen molar-refractivity contribution < 1.29 is 34.4 Å². The lowest BCUT2D eigenvalue weighted by molar-refractivity contribution is -0.332. The smallest absolute Gasteiger partial charge is 0.306 e. The lowest BCUT2D eigenvalue weighted by Gasteiger charge is -2.67. The number of esters is 1. The predicted octanol–water partition coefficient (Wildman–Crippen LogP) is 0.166. The van der Waals surface area contributed by atoms with Crippen molar-refractivity contribution in [1.29, 1.82) is 0 Å². The fourth-order valence-corrected chi connectivity index (χ4v) is 7.54. The molecular weight excluding hydrogens is 352 g/mol. The van der Waals surface area contributed by atoms with Crippen LogP contribution in [0.25, 0.3) is 0 Å². The topological polar surface area (TPSA) is 113 Å². The molecule has 10 atom stereocenters. The Bertz CT molecular complexity index is 776. The highest BCUT2D eigenvalue weighted by Gasteiger charge is 2.81. The molecule has 2 saturated heterocycles. The summed E-state index contributed by atoms with van der Waals surface area (Å²) < 4.78 is 11.6. The Kier molecular flexibility index (Phi) is 3.30. The molecule has 7 heteroatoms. The molecule has 0 amide bonds. The Hall–Kier alpha value is -1.28. The summed E-state index contributed by atoms with van der Waals surface area (Å²) >= 11 is 0. The summed E-state index contributed by atoms with van der Waals surface area (Å²) in [5.74, 6) is -4.15. The molecule has 3 aliphatic carbocycles. The summed E-state index contributed by atoms with van der Waals surface area (Å²) in [6.45, 7) is 5.62. The molecule has 0 aromatic carbocycles. The van der Waals surface area contributed by atoms with Crippen molar-refractivity contribution in [2.75, 3.05) is 6.61 Å². The maximum atomic E-state index is 12.5. The first kappa shape index (κ1) is 17.8. The van der Waals surface area contributed by atoms with Crippen LogP contribution in [0, 0.1) is 34.5 Å². The average Bonchev–Trinajstić information content (AvgIpc) is 2.90. The Balaban J connectivity index is 1.78. The van der Waals surface area contributed by atoms with Gasteiger partial charge in [0.15, 0.2) is 11.6 Å². The molecule has 5 rings (SSSR count). The Morgan fingerprint density at radius 3 is 2.67 bits per heavy atom. The van der Waals surface area contributed by atoms with Crippen LogP contribution in [-0.4, -0.2) is 57.8 Å². The summed E-state index contributed by atoms with van der Waals surface area (Å²) in [5.41, 5.74) is -0.927. The highest BCUT2D eigenvalue weighted by Crippen LogP contribution is 2.73. The molecule has 2 aliphatic heterocycles. The maximum Gasteiger partial charge on any atom is 0.306 e. The first-order valence-electron chi connectivity index (χ1n) is 9.72. The minimum absolute atomic E-state index is 0.143. The third-order valence-electron chi connectivity index (χ3n) is 8.61. The van der Waals surface area contributed by atoms with Gasteiger partial charge in [-0.05, 0) is 37.2 Å². The SMILES string of the molecule is CC1=CC(=O)[C@@H](O)[C@@]2(C)C1C[C@H]1OC(=O)C[C@H]3C(C)C(O)[C@]4(O)OC[C@]13C42. The number of carbonyl (C=O) groups is 2. The number of aliphatic hydroxyl groups is 3.